The second kappa shape index (κ2) is 6.57. The van der Waals surface area contributed by atoms with Crippen LogP contribution in [0.3, 0.4) is 0 Å². The van der Waals surface area contributed by atoms with Crippen molar-refractivity contribution in [2.75, 3.05) is 10.6 Å². The quantitative estimate of drug-likeness (QED) is 0.864. The molecule has 0 aliphatic heterocycles. The summed E-state index contributed by atoms with van der Waals surface area (Å²) in [5.74, 6) is -0.109. The van der Waals surface area contributed by atoms with Crippen LogP contribution in [0, 0.1) is 0 Å². The minimum atomic E-state index is -0.109. The minimum absolute atomic E-state index is 0.109. The third kappa shape index (κ3) is 4.10. The zero-order chi connectivity index (χ0) is 14.5. The lowest BCUT2D eigenvalue weighted by Gasteiger charge is -2.11. The monoisotopic (exact) mass is 332 g/mol. The zero-order valence-corrected chi connectivity index (χ0v) is 13.1. The van der Waals surface area contributed by atoms with Gasteiger partial charge in [-0.15, -0.1) is 0 Å². The van der Waals surface area contributed by atoms with Gasteiger partial charge in [-0.25, -0.2) is 0 Å². The van der Waals surface area contributed by atoms with Crippen LogP contribution in [0.1, 0.15) is 24.2 Å². The highest BCUT2D eigenvalue weighted by molar-refractivity contribution is 9.10. The van der Waals surface area contributed by atoms with E-state index >= 15 is 0 Å². The molecule has 0 bridgehead atoms. The van der Waals surface area contributed by atoms with Gasteiger partial charge in [0.2, 0.25) is 0 Å². The third-order valence-electron chi connectivity index (χ3n) is 2.70. The molecule has 0 saturated heterocycles. The van der Waals surface area contributed by atoms with E-state index in [2.05, 4.69) is 40.4 Å². The van der Waals surface area contributed by atoms with E-state index in [-0.39, 0.29) is 5.91 Å². The maximum atomic E-state index is 12.0. The predicted octanol–water partition coefficient (Wildman–Crippen LogP) is 4.52. The molecule has 2 N–H and O–H groups in total. The molecule has 2 rings (SSSR count). The Morgan fingerprint density at radius 3 is 2.05 bits per heavy atom. The summed E-state index contributed by atoms with van der Waals surface area (Å²) in [6.07, 6.45) is 0. The van der Waals surface area contributed by atoms with Crippen molar-refractivity contribution in [2.45, 2.75) is 19.9 Å². The maximum Gasteiger partial charge on any atom is 0.255 e. The summed E-state index contributed by atoms with van der Waals surface area (Å²) in [4.78, 5) is 12.0. The Morgan fingerprint density at radius 2 is 1.50 bits per heavy atom. The lowest BCUT2D eigenvalue weighted by atomic mass is 10.2. The van der Waals surface area contributed by atoms with Crippen molar-refractivity contribution >= 4 is 33.2 Å². The Kier molecular flexibility index (Phi) is 4.79. The van der Waals surface area contributed by atoms with Gasteiger partial charge in [0.15, 0.2) is 0 Å². The van der Waals surface area contributed by atoms with E-state index in [0.717, 1.165) is 15.8 Å². The third-order valence-corrected chi connectivity index (χ3v) is 3.23. The molecule has 0 aliphatic carbocycles. The Bertz CT molecular complexity index is 576. The van der Waals surface area contributed by atoms with Gasteiger partial charge >= 0.3 is 0 Å². The van der Waals surface area contributed by atoms with Crippen LogP contribution in [0.4, 0.5) is 11.4 Å². The minimum Gasteiger partial charge on any atom is -0.383 e. The van der Waals surface area contributed by atoms with Crippen LogP contribution in [-0.4, -0.2) is 11.9 Å². The Labute approximate surface area is 127 Å². The Hall–Kier alpha value is -1.81. The molecule has 0 atom stereocenters. The second-order valence-corrected chi connectivity index (χ2v) is 5.75. The van der Waals surface area contributed by atoms with Crippen LogP contribution in [-0.2, 0) is 0 Å². The normalized spacial score (nSPS) is 10.4. The van der Waals surface area contributed by atoms with Crippen molar-refractivity contribution in [3.63, 3.8) is 0 Å². The highest BCUT2D eigenvalue weighted by atomic mass is 79.9. The van der Waals surface area contributed by atoms with Crippen LogP contribution >= 0.6 is 15.9 Å². The van der Waals surface area contributed by atoms with E-state index in [9.17, 15) is 4.79 Å². The first kappa shape index (κ1) is 14.6. The van der Waals surface area contributed by atoms with Gasteiger partial charge < -0.3 is 10.6 Å². The number of carbonyl (C=O) groups is 1. The summed E-state index contributed by atoms with van der Waals surface area (Å²) in [6.45, 7) is 4.17. The first-order valence-corrected chi connectivity index (χ1v) is 7.27. The van der Waals surface area contributed by atoms with E-state index in [1.807, 2.05) is 36.4 Å². The van der Waals surface area contributed by atoms with Crippen LogP contribution in [0.15, 0.2) is 53.0 Å². The van der Waals surface area contributed by atoms with Crippen molar-refractivity contribution in [2.24, 2.45) is 0 Å². The number of rotatable bonds is 4. The molecule has 0 spiro atoms. The van der Waals surface area contributed by atoms with E-state index in [1.165, 1.54) is 0 Å². The predicted molar refractivity (Wildman–Crippen MR) is 87.3 cm³/mol. The SMILES string of the molecule is CC(C)Nc1ccc(NC(=O)c2ccc(Br)cc2)cc1. The fraction of sp³-hybridized carbons (Fsp3) is 0.188. The van der Waals surface area contributed by atoms with Crippen LogP contribution in [0.2, 0.25) is 0 Å². The fourth-order valence-corrected chi connectivity index (χ4v) is 2.05. The summed E-state index contributed by atoms with van der Waals surface area (Å²) in [7, 11) is 0. The molecule has 4 heteroatoms. The highest BCUT2D eigenvalue weighted by Crippen LogP contribution is 2.16. The number of benzene rings is 2. The molecular weight excluding hydrogens is 316 g/mol. The van der Waals surface area contributed by atoms with E-state index in [0.29, 0.717) is 11.6 Å². The Morgan fingerprint density at radius 1 is 0.950 bits per heavy atom. The smallest absolute Gasteiger partial charge is 0.255 e. The number of halogens is 1. The van der Waals surface area contributed by atoms with Crippen LogP contribution in [0.5, 0.6) is 0 Å². The molecule has 0 unspecified atom stereocenters. The molecule has 2 aromatic rings. The summed E-state index contributed by atoms with van der Waals surface area (Å²) in [6, 6.07) is 15.4. The van der Waals surface area contributed by atoms with Gasteiger partial charge in [-0.1, -0.05) is 15.9 Å². The fourth-order valence-electron chi connectivity index (χ4n) is 1.79. The maximum absolute atomic E-state index is 12.0. The summed E-state index contributed by atoms with van der Waals surface area (Å²) in [5.41, 5.74) is 2.46. The molecule has 0 radical (unpaired) electrons. The van der Waals surface area contributed by atoms with Gasteiger partial charge in [-0.05, 0) is 62.4 Å². The van der Waals surface area contributed by atoms with Crippen LogP contribution < -0.4 is 10.6 Å². The molecule has 104 valence electrons. The first-order valence-electron chi connectivity index (χ1n) is 6.48. The van der Waals surface area contributed by atoms with Crippen molar-refractivity contribution in [1.82, 2.24) is 0 Å². The molecule has 0 heterocycles. The number of carbonyl (C=O) groups excluding carboxylic acids is 1. The average Bonchev–Trinajstić information content (AvgIpc) is 2.41. The van der Waals surface area contributed by atoms with E-state index < -0.39 is 0 Å². The van der Waals surface area contributed by atoms with Gasteiger partial charge in [0.1, 0.15) is 0 Å². The van der Waals surface area contributed by atoms with Crippen molar-refractivity contribution in [3.05, 3.63) is 58.6 Å². The molecule has 20 heavy (non-hydrogen) atoms. The average molecular weight is 333 g/mol. The summed E-state index contributed by atoms with van der Waals surface area (Å²) in [5, 5.41) is 6.18. The molecule has 0 aliphatic rings. The van der Waals surface area contributed by atoms with Crippen LogP contribution in [0.25, 0.3) is 0 Å². The van der Waals surface area contributed by atoms with Crippen molar-refractivity contribution in [1.29, 1.82) is 0 Å². The van der Waals surface area contributed by atoms with Gasteiger partial charge in [0.25, 0.3) is 5.91 Å². The number of nitrogens with one attached hydrogen (secondary N) is 2. The van der Waals surface area contributed by atoms with Gasteiger partial charge in [0.05, 0.1) is 0 Å². The van der Waals surface area contributed by atoms with Gasteiger partial charge in [-0.3, -0.25) is 4.79 Å². The molecule has 0 aromatic heterocycles. The topological polar surface area (TPSA) is 41.1 Å². The molecule has 2 aromatic carbocycles. The lowest BCUT2D eigenvalue weighted by Crippen LogP contribution is -2.12. The molecule has 3 nitrogen and oxygen atoms in total. The number of hydrogen-bond donors (Lipinski definition) is 2. The second-order valence-electron chi connectivity index (χ2n) is 4.84. The Balaban J connectivity index is 2.02. The molecule has 0 fully saturated rings. The van der Waals surface area contributed by atoms with E-state index in [1.54, 1.807) is 12.1 Å². The number of amides is 1. The largest absolute Gasteiger partial charge is 0.383 e. The van der Waals surface area contributed by atoms with E-state index in [4.69, 9.17) is 0 Å². The zero-order valence-electron chi connectivity index (χ0n) is 11.5. The van der Waals surface area contributed by atoms with Gasteiger partial charge in [0, 0.05) is 27.5 Å². The highest BCUT2D eigenvalue weighted by Gasteiger charge is 2.05. The molecular formula is C16H17BrN2O. The van der Waals surface area contributed by atoms with Crippen molar-refractivity contribution < 1.29 is 4.79 Å². The summed E-state index contributed by atoms with van der Waals surface area (Å²) >= 11 is 3.35. The van der Waals surface area contributed by atoms with Crippen molar-refractivity contribution in [3.8, 4) is 0 Å². The number of anilines is 2. The summed E-state index contributed by atoms with van der Waals surface area (Å²) < 4.78 is 0.957. The first-order chi connectivity index (χ1) is 9.54. The standard InChI is InChI=1S/C16H17BrN2O/c1-11(2)18-14-7-9-15(10-8-14)19-16(20)12-3-5-13(17)6-4-12/h3-11,18H,1-2H3,(H,19,20). The lowest BCUT2D eigenvalue weighted by molar-refractivity contribution is 0.102. The number of hydrogen-bond acceptors (Lipinski definition) is 2. The molecule has 0 saturated carbocycles. The molecule has 1 amide bonds. The van der Waals surface area contributed by atoms with Gasteiger partial charge in [-0.2, -0.15) is 0 Å².